The molecule has 0 spiro atoms. The fraction of sp³-hybridized carbons (Fsp3) is 0.280. The molecule has 178 valence electrons. The first-order chi connectivity index (χ1) is 16.5. The van der Waals surface area contributed by atoms with Crippen molar-refractivity contribution in [3.63, 3.8) is 0 Å². The molecule has 7 nitrogen and oxygen atoms in total. The van der Waals surface area contributed by atoms with Gasteiger partial charge in [0.25, 0.3) is 0 Å². The smallest absolute Gasteiger partial charge is 0.240 e. The summed E-state index contributed by atoms with van der Waals surface area (Å²) in [6.45, 7) is 3.55. The van der Waals surface area contributed by atoms with Gasteiger partial charge in [-0.1, -0.05) is 24.3 Å². The number of hydrogen-bond donors (Lipinski definition) is 1. The summed E-state index contributed by atoms with van der Waals surface area (Å²) in [7, 11) is -3.79. The molecule has 0 aromatic heterocycles. The number of anilines is 1. The van der Waals surface area contributed by atoms with Crippen LogP contribution in [-0.2, 0) is 10.0 Å². The van der Waals surface area contributed by atoms with Gasteiger partial charge in [0.15, 0.2) is 11.5 Å². The number of sulfonamides is 1. The molecule has 2 aliphatic rings. The number of hydrogen-bond acceptors (Lipinski definition) is 6. The average molecular weight is 484 g/mol. The molecule has 0 amide bonds. The molecule has 3 aromatic rings. The first-order valence-electron chi connectivity index (χ1n) is 11.2. The van der Waals surface area contributed by atoms with E-state index in [1.54, 1.807) is 0 Å². The first-order valence-corrected chi connectivity index (χ1v) is 12.7. The maximum atomic E-state index is 13.3. The van der Waals surface area contributed by atoms with Gasteiger partial charge < -0.3 is 14.4 Å². The largest absolute Gasteiger partial charge is 0.454 e. The van der Waals surface area contributed by atoms with E-state index in [0.29, 0.717) is 11.5 Å². The predicted molar refractivity (Wildman–Crippen MR) is 127 cm³/mol. The van der Waals surface area contributed by atoms with Crippen molar-refractivity contribution in [1.82, 2.24) is 9.62 Å². The Morgan fingerprint density at radius 1 is 0.882 bits per heavy atom. The van der Waals surface area contributed by atoms with E-state index < -0.39 is 15.8 Å². The molecular weight excluding hydrogens is 457 g/mol. The van der Waals surface area contributed by atoms with Gasteiger partial charge in [0.2, 0.25) is 16.8 Å². The summed E-state index contributed by atoms with van der Waals surface area (Å²) in [6.07, 6.45) is 0. The molecule has 0 radical (unpaired) electrons. The van der Waals surface area contributed by atoms with Crippen molar-refractivity contribution in [2.45, 2.75) is 10.9 Å². The van der Waals surface area contributed by atoms with Crippen LogP contribution in [0.25, 0.3) is 0 Å². The standard InChI is InChI=1S/C25H26FN3O4S/c26-20-7-9-22(10-8-20)34(30,31)27-17-23(19-6-11-24-25(16-19)33-18-32-24)29-14-12-28(13-15-29)21-4-2-1-3-5-21/h1-11,16,23,27H,12-15,17-18H2. The highest BCUT2D eigenvalue weighted by molar-refractivity contribution is 7.89. The van der Waals surface area contributed by atoms with Crippen LogP contribution in [0.4, 0.5) is 10.1 Å². The normalized spacial score (nSPS) is 17.0. The topological polar surface area (TPSA) is 71.1 Å². The van der Waals surface area contributed by atoms with Crippen molar-refractivity contribution in [2.24, 2.45) is 0 Å². The van der Waals surface area contributed by atoms with Gasteiger partial charge in [-0.15, -0.1) is 0 Å². The zero-order valence-electron chi connectivity index (χ0n) is 18.6. The first kappa shape index (κ1) is 22.6. The van der Waals surface area contributed by atoms with E-state index in [-0.39, 0.29) is 24.3 Å². The number of fused-ring (bicyclic) bond motifs is 1. The van der Waals surface area contributed by atoms with Crippen molar-refractivity contribution >= 4 is 15.7 Å². The summed E-state index contributed by atoms with van der Waals surface area (Å²) in [4.78, 5) is 4.65. The molecule has 0 saturated carbocycles. The lowest BCUT2D eigenvalue weighted by Gasteiger charge is -2.40. The fourth-order valence-corrected chi connectivity index (χ4v) is 5.43. The number of nitrogens with zero attached hydrogens (tertiary/aromatic N) is 2. The van der Waals surface area contributed by atoms with Crippen LogP contribution in [0.1, 0.15) is 11.6 Å². The quantitative estimate of drug-likeness (QED) is 0.556. The zero-order chi connectivity index (χ0) is 23.5. The molecule has 1 unspecified atom stereocenters. The van der Waals surface area contributed by atoms with Crippen LogP contribution in [0, 0.1) is 5.82 Å². The third-order valence-corrected chi connectivity index (χ3v) is 7.69. The minimum absolute atomic E-state index is 0.0345. The maximum Gasteiger partial charge on any atom is 0.240 e. The molecule has 34 heavy (non-hydrogen) atoms. The van der Waals surface area contributed by atoms with Crippen LogP contribution in [0.2, 0.25) is 0 Å². The van der Waals surface area contributed by atoms with E-state index in [0.717, 1.165) is 43.9 Å². The van der Waals surface area contributed by atoms with Gasteiger partial charge >= 0.3 is 0 Å². The second kappa shape index (κ2) is 9.61. The molecule has 1 N–H and O–H groups in total. The van der Waals surface area contributed by atoms with Crippen molar-refractivity contribution in [2.75, 3.05) is 44.4 Å². The second-order valence-corrected chi connectivity index (χ2v) is 10.1. The molecule has 1 fully saturated rings. The number of piperazine rings is 1. The van der Waals surface area contributed by atoms with Crippen LogP contribution in [0.3, 0.4) is 0 Å². The molecule has 9 heteroatoms. The van der Waals surface area contributed by atoms with Gasteiger partial charge in [0.05, 0.1) is 4.90 Å². The van der Waals surface area contributed by atoms with Gasteiger partial charge in [0.1, 0.15) is 5.82 Å². The molecule has 2 heterocycles. The van der Waals surface area contributed by atoms with Gasteiger partial charge in [-0.2, -0.15) is 0 Å². The highest BCUT2D eigenvalue weighted by atomic mass is 32.2. The average Bonchev–Trinajstić information content (AvgIpc) is 3.33. The molecule has 1 saturated heterocycles. The van der Waals surface area contributed by atoms with E-state index in [4.69, 9.17) is 9.47 Å². The molecular formula is C25H26FN3O4S. The Balaban J connectivity index is 1.35. The third-order valence-electron chi connectivity index (χ3n) is 6.25. The Morgan fingerprint density at radius 2 is 1.59 bits per heavy atom. The minimum atomic E-state index is -3.79. The summed E-state index contributed by atoms with van der Waals surface area (Å²) in [5.74, 6) is 0.864. The van der Waals surface area contributed by atoms with Gasteiger partial charge in [0, 0.05) is 44.5 Å². The van der Waals surface area contributed by atoms with E-state index in [1.165, 1.54) is 17.8 Å². The minimum Gasteiger partial charge on any atom is -0.454 e. The van der Waals surface area contributed by atoms with Crippen LogP contribution in [0.5, 0.6) is 11.5 Å². The number of rotatable bonds is 7. The fourth-order valence-electron chi connectivity index (χ4n) is 4.39. The summed E-state index contributed by atoms with van der Waals surface area (Å²) in [6, 6.07) is 20.6. The lowest BCUT2D eigenvalue weighted by Crippen LogP contribution is -2.49. The summed E-state index contributed by atoms with van der Waals surface area (Å²) < 4.78 is 52.7. The number of nitrogens with one attached hydrogen (secondary N) is 1. The number of benzene rings is 3. The van der Waals surface area contributed by atoms with Crippen molar-refractivity contribution in [3.05, 3.63) is 84.2 Å². The summed E-state index contributed by atoms with van der Waals surface area (Å²) >= 11 is 0. The molecule has 0 aliphatic carbocycles. The third kappa shape index (κ3) is 4.86. The predicted octanol–water partition coefficient (Wildman–Crippen LogP) is 3.40. The lowest BCUT2D eigenvalue weighted by molar-refractivity contribution is 0.173. The zero-order valence-corrected chi connectivity index (χ0v) is 19.4. The SMILES string of the molecule is O=S(=O)(NCC(c1ccc2c(c1)OCO2)N1CCN(c2ccccc2)CC1)c1ccc(F)cc1. The van der Waals surface area contributed by atoms with E-state index in [2.05, 4.69) is 26.7 Å². The molecule has 0 bridgehead atoms. The van der Waals surface area contributed by atoms with Crippen LogP contribution >= 0.6 is 0 Å². The summed E-state index contributed by atoms with van der Waals surface area (Å²) in [5.41, 5.74) is 2.12. The second-order valence-electron chi connectivity index (χ2n) is 8.29. The molecule has 2 aliphatic heterocycles. The molecule has 1 atom stereocenters. The Morgan fingerprint density at radius 3 is 2.32 bits per heavy atom. The van der Waals surface area contributed by atoms with Gasteiger partial charge in [-0.25, -0.2) is 17.5 Å². The summed E-state index contributed by atoms with van der Waals surface area (Å²) in [5, 5.41) is 0. The van der Waals surface area contributed by atoms with Crippen molar-refractivity contribution in [1.29, 1.82) is 0 Å². The molecule has 5 rings (SSSR count). The number of halogens is 1. The van der Waals surface area contributed by atoms with Crippen molar-refractivity contribution in [3.8, 4) is 11.5 Å². The van der Waals surface area contributed by atoms with E-state index >= 15 is 0 Å². The van der Waals surface area contributed by atoms with Gasteiger partial charge in [-0.05, 0) is 54.1 Å². The highest BCUT2D eigenvalue weighted by Gasteiger charge is 2.28. The van der Waals surface area contributed by atoms with Crippen LogP contribution < -0.4 is 19.1 Å². The monoisotopic (exact) mass is 483 g/mol. The van der Waals surface area contributed by atoms with Crippen LogP contribution in [0.15, 0.2) is 77.7 Å². The Kier molecular flexibility index (Phi) is 6.40. The van der Waals surface area contributed by atoms with Gasteiger partial charge in [-0.3, -0.25) is 4.90 Å². The Labute approximate surface area is 198 Å². The number of ether oxygens (including phenoxy) is 2. The maximum absolute atomic E-state index is 13.3. The lowest BCUT2D eigenvalue weighted by atomic mass is 10.0. The highest BCUT2D eigenvalue weighted by Crippen LogP contribution is 2.36. The Hall–Kier alpha value is -3.14. The van der Waals surface area contributed by atoms with E-state index in [9.17, 15) is 12.8 Å². The van der Waals surface area contributed by atoms with Crippen molar-refractivity contribution < 1.29 is 22.3 Å². The number of para-hydroxylation sites is 1. The van der Waals surface area contributed by atoms with E-state index in [1.807, 2.05) is 36.4 Å². The Bertz CT molecular complexity index is 1230. The molecule has 3 aromatic carbocycles. The van der Waals surface area contributed by atoms with Crippen LogP contribution in [-0.4, -0.2) is 52.8 Å².